The smallest absolute Gasteiger partial charge is 0.0685 e. The van der Waals surface area contributed by atoms with Crippen molar-refractivity contribution in [3.05, 3.63) is 54.1 Å². The molecular formula is C15H17Br2NS. The Bertz CT molecular complexity index is 578. The minimum atomic E-state index is 0.247. The number of hydrogen-bond acceptors (Lipinski definition) is 2. The Labute approximate surface area is 135 Å². The van der Waals surface area contributed by atoms with Crippen LogP contribution in [0.2, 0.25) is 0 Å². The van der Waals surface area contributed by atoms with Crippen LogP contribution in [0, 0.1) is 13.8 Å². The maximum Gasteiger partial charge on any atom is 0.0685 e. The molecule has 0 saturated carbocycles. The molecule has 0 radical (unpaired) electrons. The molecule has 0 spiro atoms. The lowest BCUT2D eigenvalue weighted by molar-refractivity contribution is 0.634. The number of nitrogens with one attached hydrogen (secondary N) is 1. The zero-order chi connectivity index (χ0) is 14.0. The molecule has 0 aliphatic carbocycles. The summed E-state index contributed by atoms with van der Waals surface area (Å²) in [4.78, 5) is 1.39. The molecule has 1 aromatic carbocycles. The molecule has 1 unspecified atom stereocenters. The zero-order valence-corrected chi connectivity index (χ0v) is 15.2. The number of aryl methyl sites for hydroxylation is 2. The average molecular weight is 403 g/mol. The summed E-state index contributed by atoms with van der Waals surface area (Å²) >= 11 is 9.15. The fraction of sp³-hybridized carbons (Fsp3) is 0.333. The predicted molar refractivity (Wildman–Crippen MR) is 91.2 cm³/mol. The van der Waals surface area contributed by atoms with E-state index in [0.717, 1.165) is 15.5 Å². The van der Waals surface area contributed by atoms with Crippen LogP contribution in [-0.4, -0.2) is 6.54 Å². The molecule has 1 atom stereocenters. The molecular weight excluding hydrogens is 386 g/mol. The highest BCUT2D eigenvalue weighted by atomic mass is 79.9. The molecule has 19 heavy (non-hydrogen) atoms. The van der Waals surface area contributed by atoms with Crippen LogP contribution in [0.4, 0.5) is 0 Å². The van der Waals surface area contributed by atoms with Gasteiger partial charge in [0.1, 0.15) is 0 Å². The van der Waals surface area contributed by atoms with Crippen molar-refractivity contribution in [1.29, 1.82) is 0 Å². The quantitative estimate of drug-likeness (QED) is 0.702. The highest BCUT2D eigenvalue weighted by Gasteiger charge is 2.19. The summed E-state index contributed by atoms with van der Waals surface area (Å²) in [6.45, 7) is 7.37. The average Bonchev–Trinajstić information content (AvgIpc) is 2.77. The molecule has 0 amide bonds. The van der Waals surface area contributed by atoms with Crippen LogP contribution in [0.15, 0.2) is 32.5 Å². The summed E-state index contributed by atoms with van der Waals surface area (Å²) in [5, 5.41) is 5.75. The fourth-order valence-electron chi connectivity index (χ4n) is 2.11. The van der Waals surface area contributed by atoms with Gasteiger partial charge in [-0.1, -0.05) is 38.8 Å². The van der Waals surface area contributed by atoms with Gasteiger partial charge >= 0.3 is 0 Å². The molecule has 1 N–H and O–H groups in total. The molecule has 1 heterocycles. The van der Waals surface area contributed by atoms with Gasteiger partial charge in [0.25, 0.3) is 0 Å². The summed E-state index contributed by atoms with van der Waals surface area (Å²) in [5.74, 6) is 0. The Hall–Kier alpha value is -0.160. The monoisotopic (exact) mass is 401 g/mol. The first-order valence-corrected chi connectivity index (χ1v) is 8.74. The van der Waals surface area contributed by atoms with Crippen LogP contribution >= 0.6 is 43.2 Å². The molecule has 0 fully saturated rings. The summed E-state index contributed by atoms with van der Waals surface area (Å²) < 4.78 is 2.31. The van der Waals surface area contributed by atoms with Crippen molar-refractivity contribution in [1.82, 2.24) is 5.32 Å². The Balaban J connectivity index is 2.51. The Kier molecular flexibility index (Phi) is 5.23. The Morgan fingerprint density at radius 1 is 1.16 bits per heavy atom. The topological polar surface area (TPSA) is 12.0 Å². The lowest BCUT2D eigenvalue weighted by Gasteiger charge is -2.20. The van der Waals surface area contributed by atoms with Crippen molar-refractivity contribution in [3.63, 3.8) is 0 Å². The number of rotatable bonds is 4. The second kappa shape index (κ2) is 6.53. The molecule has 102 valence electrons. The normalized spacial score (nSPS) is 12.7. The Morgan fingerprint density at radius 2 is 1.89 bits per heavy atom. The third-order valence-corrected chi connectivity index (χ3v) is 5.79. The molecule has 0 saturated heterocycles. The minimum Gasteiger partial charge on any atom is -0.306 e. The van der Waals surface area contributed by atoms with E-state index in [-0.39, 0.29) is 6.04 Å². The van der Waals surface area contributed by atoms with E-state index in [2.05, 4.69) is 81.5 Å². The van der Waals surface area contributed by atoms with Gasteiger partial charge in [0, 0.05) is 13.8 Å². The fourth-order valence-corrected chi connectivity index (χ4v) is 4.18. The lowest BCUT2D eigenvalue weighted by Crippen LogP contribution is -2.22. The van der Waals surface area contributed by atoms with Crippen molar-refractivity contribution in [2.45, 2.75) is 26.8 Å². The predicted octanol–water partition coefficient (Wildman–Crippen LogP) is 5.59. The highest BCUT2D eigenvalue weighted by Crippen LogP contribution is 2.36. The van der Waals surface area contributed by atoms with Crippen molar-refractivity contribution in [3.8, 4) is 0 Å². The second-order valence-corrected chi connectivity index (χ2v) is 7.24. The van der Waals surface area contributed by atoms with E-state index in [9.17, 15) is 0 Å². The SMILES string of the molecule is CCNC(c1cc(Br)c(C)cc1Br)c1sccc1C. The van der Waals surface area contributed by atoms with Crippen molar-refractivity contribution >= 4 is 43.2 Å². The maximum absolute atomic E-state index is 3.71. The molecule has 1 nitrogen and oxygen atoms in total. The first-order chi connectivity index (χ1) is 9.04. The molecule has 0 bridgehead atoms. The third kappa shape index (κ3) is 3.30. The molecule has 0 aliphatic heterocycles. The van der Waals surface area contributed by atoms with Gasteiger partial charge in [-0.15, -0.1) is 11.3 Å². The van der Waals surface area contributed by atoms with E-state index in [4.69, 9.17) is 0 Å². The number of thiophene rings is 1. The van der Waals surface area contributed by atoms with Gasteiger partial charge in [-0.05, 0) is 60.7 Å². The van der Waals surface area contributed by atoms with Crippen LogP contribution in [-0.2, 0) is 0 Å². The number of halogens is 2. The van der Waals surface area contributed by atoms with Crippen LogP contribution in [0.3, 0.4) is 0 Å². The summed E-state index contributed by atoms with van der Waals surface area (Å²) in [6.07, 6.45) is 0. The third-order valence-electron chi connectivity index (χ3n) is 3.16. The van der Waals surface area contributed by atoms with E-state index >= 15 is 0 Å². The van der Waals surface area contributed by atoms with E-state index in [1.165, 1.54) is 21.6 Å². The number of benzene rings is 1. The summed E-state index contributed by atoms with van der Waals surface area (Å²) in [5.41, 5.74) is 3.87. The molecule has 2 rings (SSSR count). The lowest BCUT2D eigenvalue weighted by atomic mass is 10.0. The van der Waals surface area contributed by atoms with E-state index in [1.54, 1.807) is 0 Å². The van der Waals surface area contributed by atoms with Crippen LogP contribution in [0.1, 0.15) is 34.5 Å². The summed E-state index contributed by atoms with van der Waals surface area (Å²) in [6, 6.07) is 6.82. The first kappa shape index (κ1) is 15.2. The highest BCUT2D eigenvalue weighted by molar-refractivity contribution is 9.11. The minimum absolute atomic E-state index is 0.247. The van der Waals surface area contributed by atoms with Crippen LogP contribution in [0.5, 0.6) is 0 Å². The van der Waals surface area contributed by atoms with Gasteiger partial charge in [0.05, 0.1) is 6.04 Å². The molecule has 0 aliphatic rings. The molecule has 2 aromatic rings. The van der Waals surface area contributed by atoms with Crippen molar-refractivity contribution < 1.29 is 0 Å². The first-order valence-electron chi connectivity index (χ1n) is 6.27. The molecule has 1 aromatic heterocycles. The molecule has 4 heteroatoms. The summed E-state index contributed by atoms with van der Waals surface area (Å²) in [7, 11) is 0. The van der Waals surface area contributed by atoms with Gasteiger partial charge in [0.15, 0.2) is 0 Å². The van der Waals surface area contributed by atoms with Crippen LogP contribution in [0.25, 0.3) is 0 Å². The van der Waals surface area contributed by atoms with E-state index < -0.39 is 0 Å². The van der Waals surface area contributed by atoms with Crippen molar-refractivity contribution in [2.24, 2.45) is 0 Å². The number of hydrogen-bond donors (Lipinski definition) is 1. The van der Waals surface area contributed by atoms with Gasteiger partial charge in [-0.25, -0.2) is 0 Å². The van der Waals surface area contributed by atoms with Gasteiger partial charge in [-0.3, -0.25) is 0 Å². The zero-order valence-electron chi connectivity index (χ0n) is 11.3. The van der Waals surface area contributed by atoms with Gasteiger partial charge in [-0.2, -0.15) is 0 Å². The van der Waals surface area contributed by atoms with E-state index in [0.29, 0.717) is 0 Å². The maximum atomic E-state index is 3.71. The second-order valence-electron chi connectivity index (χ2n) is 4.58. The van der Waals surface area contributed by atoms with Gasteiger partial charge < -0.3 is 5.32 Å². The standard InChI is InChI=1S/C15H17Br2NS/c1-4-18-14(15-9(2)5-6-19-15)11-8-12(16)10(3)7-13(11)17/h5-8,14,18H,4H2,1-3H3. The van der Waals surface area contributed by atoms with Crippen LogP contribution < -0.4 is 5.32 Å². The largest absolute Gasteiger partial charge is 0.306 e. The van der Waals surface area contributed by atoms with E-state index in [1.807, 2.05) is 11.3 Å². The Morgan fingerprint density at radius 3 is 2.47 bits per heavy atom. The van der Waals surface area contributed by atoms with Crippen molar-refractivity contribution in [2.75, 3.05) is 6.54 Å². The van der Waals surface area contributed by atoms with Gasteiger partial charge in [0.2, 0.25) is 0 Å².